The second kappa shape index (κ2) is 6.89. The van der Waals surface area contributed by atoms with Gasteiger partial charge in [0.25, 0.3) is 0 Å². The van der Waals surface area contributed by atoms with E-state index < -0.39 is 0 Å². The third kappa shape index (κ3) is 3.34. The summed E-state index contributed by atoms with van der Waals surface area (Å²) in [7, 11) is 3.71. The molecule has 124 valence electrons. The molecule has 1 atom stereocenters. The van der Waals surface area contributed by atoms with Gasteiger partial charge in [0, 0.05) is 22.2 Å². The lowest BCUT2D eigenvalue weighted by molar-refractivity contribution is -0.884. The van der Waals surface area contributed by atoms with E-state index in [1.165, 1.54) is 5.56 Å². The average molecular weight is 323 g/mol. The van der Waals surface area contributed by atoms with E-state index in [-0.39, 0.29) is 5.78 Å². The van der Waals surface area contributed by atoms with E-state index in [2.05, 4.69) is 4.98 Å². The molecule has 0 saturated carbocycles. The van der Waals surface area contributed by atoms with Crippen LogP contribution in [0, 0.1) is 6.92 Å². The van der Waals surface area contributed by atoms with Crippen LogP contribution in [0.2, 0.25) is 0 Å². The number of benzene rings is 2. The van der Waals surface area contributed by atoms with Gasteiger partial charge in [-0.1, -0.05) is 18.2 Å². The topological polar surface area (TPSA) is 46.5 Å². The minimum atomic E-state index is 0.177. The maximum atomic E-state index is 12.8. The van der Waals surface area contributed by atoms with Crippen molar-refractivity contribution in [3.05, 3.63) is 65.4 Å². The number of H-pyrrole nitrogens is 1. The Morgan fingerprint density at radius 3 is 2.54 bits per heavy atom. The summed E-state index contributed by atoms with van der Waals surface area (Å²) in [6.45, 7) is 3.23. The standard InChI is InChI=1S/C20H22N2O2/c1-14-20(17-6-4-5-7-18(17)21-14)19(23)13-22(2)12-15-8-10-16(24-3)11-9-15/h4-11,21H,12-13H2,1-3H3/p+1. The third-order valence-electron chi connectivity index (χ3n) is 4.30. The Kier molecular flexibility index (Phi) is 4.67. The van der Waals surface area contributed by atoms with Gasteiger partial charge >= 0.3 is 0 Å². The van der Waals surface area contributed by atoms with Crippen LogP contribution in [0.4, 0.5) is 0 Å². The number of rotatable bonds is 6. The van der Waals surface area contributed by atoms with Gasteiger partial charge in [-0.15, -0.1) is 0 Å². The fourth-order valence-electron chi connectivity index (χ4n) is 3.15. The number of para-hydroxylation sites is 1. The number of hydrogen-bond donors (Lipinski definition) is 2. The van der Waals surface area contributed by atoms with Gasteiger partial charge in [-0.2, -0.15) is 0 Å². The SMILES string of the molecule is COc1ccc(C[NH+](C)CC(=O)c2c(C)[nH]c3ccccc23)cc1. The zero-order chi connectivity index (χ0) is 17.1. The summed E-state index contributed by atoms with van der Waals surface area (Å²) < 4.78 is 5.18. The van der Waals surface area contributed by atoms with Crippen molar-refractivity contribution in [3.63, 3.8) is 0 Å². The van der Waals surface area contributed by atoms with Gasteiger partial charge in [0.05, 0.1) is 19.7 Å². The van der Waals surface area contributed by atoms with Gasteiger partial charge in [-0.05, 0) is 37.3 Å². The molecule has 0 aliphatic carbocycles. The molecule has 0 saturated heterocycles. The second-order valence-corrected chi connectivity index (χ2v) is 6.25. The first-order valence-electron chi connectivity index (χ1n) is 8.13. The van der Waals surface area contributed by atoms with E-state index in [0.29, 0.717) is 6.54 Å². The molecule has 0 fully saturated rings. The van der Waals surface area contributed by atoms with Crippen LogP contribution in [0.25, 0.3) is 10.9 Å². The molecule has 0 amide bonds. The maximum Gasteiger partial charge on any atom is 0.219 e. The molecule has 3 aromatic rings. The number of aromatic amines is 1. The molecule has 0 radical (unpaired) electrons. The zero-order valence-corrected chi connectivity index (χ0v) is 14.3. The number of Topliss-reactive ketones (excluding diaryl/α,β-unsaturated/α-hetero) is 1. The third-order valence-corrected chi connectivity index (χ3v) is 4.30. The molecule has 24 heavy (non-hydrogen) atoms. The van der Waals surface area contributed by atoms with Crippen molar-refractivity contribution in [1.29, 1.82) is 0 Å². The van der Waals surface area contributed by atoms with Crippen LogP contribution in [0.1, 0.15) is 21.6 Å². The number of ether oxygens (including phenoxy) is 1. The predicted molar refractivity (Wildman–Crippen MR) is 95.8 cm³/mol. The highest BCUT2D eigenvalue weighted by Gasteiger charge is 2.19. The number of aromatic nitrogens is 1. The van der Waals surface area contributed by atoms with Crippen LogP contribution < -0.4 is 9.64 Å². The van der Waals surface area contributed by atoms with Crippen LogP contribution in [0.15, 0.2) is 48.5 Å². The van der Waals surface area contributed by atoms with Crippen LogP contribution >= 0.6 is 0 Å². The molecule has 0 aliphatic rings. The Bertz CT molecular complexity index is 850. The number of carbonyl (C=O) groups is 1. The fraction of sp³-hybridized carbons (Fsp3) is 0.250. The Balaban J connectivity index is 1.72. The molecule has 0 aliphatic heterocycles. The summed E-state index contributed by atoms with van der Waals surface area (Å²) >= 11 is 0. The lowest BCUT2D eigenvalue weighted by Gasteiger charge is -2.13. The normalized spacial score (nSPS) is 12.3. The first-order valence-corrected chi connectivity index (χ1v) is 8.13. The summed E-state index contributed by atoms with van der Waals surface area (Å²) in [6, 6.07) is 16.0. The van der Waals surface area contributed by atoms with Gasteiger partial charge in [0.1, 0.15) is 18.8 Å². The van der Waals surface area contributed by atoms with Crippen molar-refractivity contribution in [2.24, 2.45) is 0 Å². The Morgan fingerprint density at radius 2 is 1.83 bits per heavy atom. The van der Waals surface area contributed by atoms with Gasteiger partial charge < -0.3 is 14.6 Å². The van der Waals surface area contributed by atoms with E-state index in [9.17, 15) is 4.79 Å². The van der Waals surface area contributed by atoms with Gasteiger partial charge in [0.15, 0.2) is 0 Å². The van der Waals surface area contributed by atoms with Crippen molar-refractivity contribution >= 4 is 16.7 Å². The summed E-state index contributed by atoms with van der Waals surface area (Å²) in [4.78, 5) is 17.2. The number of quaternary nitrogens is 1. The highest BCUT2D eigenvalue weighted by Crippen LogP contribution is 2.21. The lowest BCUT2D eigenvalue weighted by atomic mass is 10.1. The minimum Gasteiger partial charge on any atom is -0.497 e. The van der Waals surface area contributed by atoms with Crippen LogP contribution in [0.5, 0.6) is 5.75 Å². The number of fused-ring (bicyclic) bond motifs is 1. The number of hydrogen-bond acceptors (Lipinski definition) is 2. The molecule has 0 spiro atoms. The molecule has 4 heteroatoms. The molecular weight excluding hydrogens is 300 g/mol. The highest BCUT2D eigenvalue weighted by molar-refractivity contribution is 6.09. The van der Waals surface area contributed by atoms with Crippen molar-refractivity contribution < 1.29 is 14.4 Å². The Morgan fingerprint density at radius 1 is 1.12 bits per heavy atom. The molecule has 0 bridgehead atoms. The monoisotopic (exact) mass is 323 g/mol. The molecule has 3 rings (SSSR count). The molecule has 1 heterocycles. The van der Waals surface area contributed by atoms with E-state index >= 15 is 0 Å². The Labute approximate surface area is 142 Å². The molecular formula is C20H23N2O2+. The number of methoxy groups -OCH3 is 1. The first kappa shape index (κ1) is 16.3. The quantitative estimate of drug-likeness (QED) is 0.684. The molecule has 2 aromatic carbocycles. The van der Waals surface area contributed by atoms with Gasteiger partial charge in [-0.25, -0.2) is 0 Å². The van der Waals surface area contributed by atoms with Crippen molar-refractivity contribution in [1.82, 2.24) is 4.98 Å². The predicted octanol–water partition coefficient (Wildman–Crippen LogP) is 2.38. The van der Waals surface area contributed by atoms with Gasteiger partial charge in [-0.3, -0.25) is 4.79 Å². The minimum absolute atomic E-state index is 0.177. The van der Waals surface area contributed by atoms with E-state index in [1.807, 2.05) is 62.5 Å². The number of ketones is 1. The van der Waals surface area contributed by atoms with Crippen molar-refractivity contribution in [2.75, 3.05) is 20.7 Å². The number of aryl methyl sites for hydroxylation is 1. The maximum absolute atomic E-state index is 12.8. The molecule has 4 nitrogen and oxygen atoms in total. The Hall–Kier alpha value is -2.59. The van der Waals surface area contributed by atoms with Crippen LogP contribution in [0.3, 0.4) is 0 Å². The van der Waals surface area contributed by atoms with Crippen molar-refractivity contribution in [3.8, 4) is 5.75 Å². The molecule has 2 N–H and O–H groups in total. The van der Waals surface area contributed by atoms with E-state index in [1.54, 1.807) is 7.11 Å². The summed E-state index contributed by atoms with van der Waals surface area (Å²) in [5, 5.41) is 1.01. The smallest absolute Gasteiger partial charge is 0.219 e. The number of likely N-dealkylation sites (N-methyl/N-ethyl adjacent to an activating group) is 1. The second-order valence-electron chi connectivity index (χ2n) is 6.25. The average Bonchev–Trinajstić information content (AvgIpc) is 2.91. The fourth-order valence-corrected chi connectivity index (χ4v) is 3.15. The highest BCUT2D eigenvalue weighted by atomic mass is 16.5. The van der Waals surface area contributed by atoms with Crippen LogP contribution in [-0.2, 0) is 6.54 Å². The van der Waals surface area contributed by atoms with Crippen LogP contribution in [-0.4, -0.2) is 31.5 Å². The first-order chi connectivity index (χ1) is 11.6. The summed E-state index contributed by atoms with van der Waals surface area (Å²) in [5.74, 6) is 1.03. The number of carbonyl (C=O) groups excluding carboxylic acids is 1. The number of nitrogens with one attached hydrogen (secondary N) is 2. The largest absolute Gasteiger partial charge is 0.497 e. The van der Waals surface area contributed by atoms with E-state index in [0.717, 1.165) is 39.4 Å². The van der Waals surface area contributed by atoms with E-state index in [4.69, 9.17) is 4.74 Å². The van der Waals surface area contributed by atoms with Gasteiger partial charge in [0.2, 0.25) is 5.78 Å². The molecule has 1 unspecified atom stereocenters. The van der Waals surface area contributed by atoms with Crippen molar-refractivity contribution in [2.45, 2.75) is 13.5 Å². The zero-order valence-electron chi connectivity index (χ0n) is 14.3. The molecule has 1 aromatic heterocycles. The summed E-state index contributed by atoms with van der Waals surface area (Å²) in [6.07, 6.45) is 0. The summed E-state index contributed by atoms with van der Waals surface area (Å²) in [5.41, 5.74) is 3.97. The lowest BCUT2D eigenvalue weighted by Crippen LogP contribution is -3.08.